The topological polar surface area (TPSA) is 46.4 Å². The predicted octanol–water partition coefficient (Wildman–Crippen LogP) is 4.76. The van der Waals surface area contributed by atoms with E-state index in [1.165, 1.54) is 23.5 Å². The number of amides is 1. The summed E-state index contributed by atoms with van der Waals surface area (Å²) in [4.78, 5) is 17.8. The Hall–Kier alpha value is -2.99. The summed E-state index contributed by atoms with van der Waals surface area (Å²) in [6, 6.07) is 13.8. The van der Waals surface area contributed by atoms with Gasteiger partial charge in [-0.25, -0.2) is 9.37 Å². The fourth-order valence-corrected chi connectivity index (χ4v) is 3.48. The summed E-state index contributed by atoms with van der Waals surface area (Å²) in [5.41, 5.74) is 3.86. The number of benzene rings is 2. The fourth-order valence-electron chi connectivity index (χ4n) is 2.62. The normalized spacial score (nSPS) is 11.0. The zero-order valence-electron chi connectivity index (χ0n) is 13.4. The Morgan fingerprint density at radius 3 is 2.76 bits per heavy atom. The van der Waals surface area contributed by atoms with Crippen molar-refractivity contribution in [3.05, 3.63) is 77.2 Å². The second kappa shape index (κ2) is 6.14. The van der Waals surface area contributed by atoms with Crippen molar-refractivity contribution in [2.24, 2.45) is 0 Å². The molecule has 0 aliphatic heterocycles. The average molecular weight is 351 g/mol. The van der Waals surface area contributed by atoms with E-state index in [0.29, 0.717) is 16.3 Å². The van der Waals surface area contributed by atoms with Crippen molar-refractivity contribution < 1.29 is 9.18 Å². The number of aromatic nitrogens is 2. The van der Waals surface area contributed by atoms with Crippen molar-refractivity contribution in [1.82, 2.24) is 9.38 Å². The Morgan fingerprint density at radius 1 is 1.20 bits per heavy atom. The molecule has 0 aliphatic carbocycles. The van der Waals surface area contributed by atoms with E-state index in [4.69, 9.17) is 0 Å². The molecule has 2 heterocycles. The van der Waals surface area contributed by atoms with Gasteiger partial charge in [0.2, 0.25) is 0 Å². The van der Waals surface area contributed by atoms with Crippen LogP contribution in [0, 0.1) is 12.7 Å². The first-order chi connectivity index (χ1) is 12.1. The Labute approximate surface area is 147 Å². The molecule has 6 heteroatoms. The summed E-state index contributed by atoms with van der Waals surface area (Å²) in [5.74, 6) is -0.483. The number of thiazole rings is 1. The summed E-state index contributed by atoms with van der Waals surface area (Å²) >= 11 is 1.39. The minimum Gasteiger partial charge on any atom is -0.321 e. The highest BCUT2D eigenvalue weighted by molar-refractivity contribution is 7.15. The van der Waals surface area contributed by atoms with Crippen LogP contribution in [0.2, 0.25) is 0 Å². The van der Waals surface area contributed by atoms with Crippen LogP contribution < -0.4 is 5.32 Å². The van der Waals surface area contributed by atoms with Crippen molar-refractivity contribution >= 4 is 27.9 Å². The number of halogens is 1. The standard InChI is InChI=1S/C19H14FN3OS/c1-12-3-2-4-15(9-12)21-18(24)17-11-25-19-22-16(10-23(17)19)13-5-7-14(20)8-6-13/h2-11H,1H3,(H,21,24). The lowest BCUT2D eigenvalue weighted by molar-refractivity contribution is 0.102. The summed E-state index contributed by atoms with van der Waals surface area (Å²) in [7, 11) is 0. The molecule has 0 radical (unpaired) electrons. The molecule has 0 fully saturated rings. The second-order valence-electron chi connectivity index (χ2n) is 5.73. The third-order valence-electron chi connectivity index (χ3n) is 3.86. The number of carbonyl (C=O) groups is 1. The van der Waals surface area contributed by atoms with Gasteiger partial charge in [-0.2, -0.15) is 0 Å². The number of hydrogen-bond acceptors (Lipinski definition) is 3. The maximum absolute atomic E-state index is 13.1. The van der Waals surface area contributed by atoms with Gasteiger partial charge in [-0.3, -0.25) is 9.20 Å². The second-order valence-corrected chi connectivity index (χ2v) is 6.57. The molecular weight excluding hydrogens is 337 g/mol. The lowest BCUT2D eigenvalue weighted by atomic mass is 10.2. The lowest BCUT2D eigenvalue weighted by Crippen LogP contribution is -2.13. The van der Waals surface area contributed by atoms with E-state index in [0.717, 1.165) is 16.8 Å². The highest BCUT2D eigenvalue weighted by atomic mass is 32.1. The van der Waals surface area contributed by atoms with Crippen molar-refractivity contribution in [3.63, 3.8) is 0 Å². The number of nitrogens with zero attached hydrogens (tertiary/aromatic N) is 2. The van der Waals surface area contributed by atoms with E-state index in [1.807, 2.05) is 31.2 Å². The highest BCUT2D eigenvalue weighted by Crippen LogP contribution is 2.24. The molecule has 0 saturated carbocycles. The largest absolute Gasteiger partial charge is 0.321 e. The molecule has 0 atom stereocenters. The summed E-state index contributed by atoms with van der Waals surface area (Å²) in [5, 5.41) is 4.68. The van der Waals surface area contributed by atoms with Crippen LogP contribution in [-0.2, 0) is 0 Å². The smallest absolute Gasteiger partial charge is 0.273 e. The maximum Gasteiger partial charge on any atom is 0.273 e. The minimum absolute atomic E-state index is 0.195. The van der Waals surface area contributed by atoms with Crippen LogP contribution in [0.4, 0.5) is 10.1 Å². The molecule has 25 heavy (non-hydrogen) atoms. The quantitative estimate of drug-likeness (QED) is 0.578. The zero-order valence-corrected chi connectivity index (χ0v) is 14.2. The molecule has 0 spiro atoms. The van der Waals surface area contributed by atoms with Gasteiger partial charge < -0.3 is 5.32 Å². The lowest BCUT2D eigenvalue weighted by Gasteiger charge is -2.05. The first-order valence-corrected chi connectivity index (χ1v) is 8.59. The molecule has 4 nitrogen and oxygen atoms in total. The van der Waals surface area contributed by atoms with Crippen LogP contribution >= 0.6 is 11.3 Å². The first-order valence-electron chi connectivity index (χ1n) is 7.71. The molecule has 1 amide bonds. The summed E-state index contributed by atoms with van der Waals surface area (Å²) < 4.78 is 14.8. The molecule has 4 rings (SSSR count). The number of hydrogen-bond donors (Lipinski definition) is 1. The van der Waals surface area contributed by atoms with Crippen LogP contribution in [-0.4, -0.2) is 15.3 Å². The molecule has 1 N–H and O–H groups in total. The van der Waals surface area contributed by atoms with Gasteiger partial charge in [0.1, 0.15) is 11.5 Å². The molecule has 2 aromatic carbocycles. The van der Waals surface area contributed by atoms with Gasteiger partial charge in [0.05, 0.1) is 5.69 Å². The zero-order chi connectivity index (χ0) is 17.4. The van der Waals surface area contributed by atoms with Crippen LogP contribution in [0.1, 0.15) is 16.1 Å². The SMILES string of the molecule is Cc1cccc(NC(=O)c2csc3nc(-c4ccc(F)cc4)cn23)c1. The Morgan fingerprint density at radius 2 is 2.00 bits per heavy atom. The predicted molar refractivity (Wildman–Crippen MR) is 97.6 cm³/mol. The first kappa shape index (κ1) is 15.5. The van der Waals surface area contributed by atoms with Crippen molar-refractivity contribution in [3.8, 4) is 11.3 Å². The van der Waals surface area contributed by atoms with E-state index in [-0.39, 0.29) is 11.7 Å². The van der Waals surface area contributed by atoms with Crippen molar-refractivity contribution in [1.29, 1.82) is 0 Å². The summed E-state index contributed by atoms with van der Waals surface area (Å²) in [6.07, 6.45) is 1.80. The van der Waals surface area contributed by atoms with Crippen molar-refractivity contribution in [2.75, 3.05) is 5.32 Å². The molecule has 4 aromatic rings. The van der Waals surface area contributed by atoms with Gasteiger partial charge >= 0.3 is 0 Å². The fraction of sp³-hybridized carbons (Fsp3) is 0.0526. The van der Waals surface area contributed by atoms with Gasteiger partial charge in [-0.15, -0.1) is 11.3 Å². The Bertz CT molecular complexity index is 1070. The molecule has 0 aliphatic rings. The van der Waals surface area contributed by atoms with E-state index in [9.17, 15) is 9.18 Å². The molecular formula is C19H14FN3OS. The maximum atomic E-state index is 13.1. The van der Waals surface area contributed by atoms with Gasteiger partial charge in [0, 0.05) is 22.8 Å². The van der Waals surface area contributed by atoms with Gasteiger partial charge in [0.15, 0.2) is 4.96 Å². The Balaban J connectivity index is 1.66. The average Bonchev–Trinajstić information content (AvgIpc) is 3.16. The molecule has 0 bridgehead atoms. The number of aryl methyl sites for hydroxylation is 1. The number of fused-ring (bicyclic) bond motifs is 1. The van der Waals surface area contributed by atoms with Gasteiger partial charge in [-0.1, -0.05) is 12.1 Å². The monoisotopic (exact) mass is 351 g/mol. The van der Waals surface area contributed by atoms with Crippen LogP contribution in [0.15, 0.2) is 60.1 Å². The van der Waals surface area contributed by atoms with E-state index < -0.39 is 0 Å². The number of imidazole rings is 1. The summed E-state index contributed by atoms with van der Waals surface area (Å²) in [6.45, 7) is 1.98. The van der Waals surface area contributed by atoms with E-state index in [2.05, 4.69) is 10.3 Å². The third kappa shape index (κ3) is 3.04. The Kier molecular flexibility index (Phi) is 3.82. The third-order valence-corrected chi connectivity index (χ3v) is 4.70. The molecule has 0 unspecified atom stereocenters. The highest BCUT2D eigenvalue weighted by Gasteiger charge is 2.15. The number of carbonyl (C=O) groups excluding carboxylic acids is 1. The van der Waals surface area contributed by atoms with E-state index >= 15 is 0 Å². The van der Waals surface area contributed by atoms with Crippen molar-refractivity contribution in [2.45, 2.75) is 6.92 Å². The molecule has 2 aromatic heterocycles. The van der Waals surface area contributed by atoms with E-state index in [1.54, 1.807) is 28.1 Å². The number of anilines is 1. The van der Waals surface area contributed by atoms with Gasteiger partial charge in [0.25, 0.3) is 5.91 Å². The number of nitrogens with one attached hydrogen (secondary N) is 1. The van der Waals surface area contributed by atoms with Crippen LogP contribution in [0.5, 0.6) is 0 Å². The minimum atomic E-state index is -0.289. The van der Waals surface area contributed by atoms with Crippen LogP contribution in [0.3, 0.4) is 0 Å². The van der Waals surface area contributed by atoms with Gasteiger partial charge in [-0.05, 0) is 48.9 Å². The molecule has 124 valence electrons. The van der Waals surface area contributed by atoms with Crippen LogP contribution in [0.25, 0.3) is 16.2 Å². The number of rotatable bonds is 3. The molecule has 0 saturated heterocycles.